The van der Waals surface area contributed by atoms with E-state index in [1.165, 1.54) is 0 Å². The van der Waals surface area contributed by atoms with E-state index in [4.69, 9.17) is 16.3 Å². The van der Waals surface area contributed by atoms with Gasteiger partial charge in [-0.3, -0.25) is 0 Å². The second-order valence-electron chi connectivity index (χ2n) is 4.60. The minimum Gasteiger partial charge on any atom is -0.473 e. The molecule has 1 unspecified atom stereocenters. The summed E-state index contributed by atoms with van der Waals surface area (Å²) in [6, 6.07) is 13.5. The Bertz CT molecular complexity index is 550. The van der Waals surface area contributed by atoms with Gasteiger partial charge in [-0.15, -0.1) is 0 Å². The predicted octanol–water partition coefficient (Wildman–Crippen LogP) is 3.14. The van der Waals surface area contributed by atoms with Gasteiger partial charge in [0.2, 0.25) is 5.88 Å². The van der Waals surface area contributed by atoms with Crippen molar-refractivity contribution in [1.29, 1.82) is 0 Å². The molecule has 1 fully saturated rings. The maximum absolute atomic E-state index is 5.89. The van der Waals surface area contributed by atoms with Crippen molar-refractivity contribution in [3.63, 3.8) is 0 Å². The molecule has 0 saturated carbocycles. The molecular formula is C15H15ClN2O. The third-order valence-electron chi connectivity index (χ3n) is 3.17. The summed E-state index contributed by atoms with van der Waals surface area (Å²) in [7, 11) is 0. The predicted molar refractivity (Wildman–Crippen MR) is 76.6 cm³/mol. The number of benzene rings is 1. The van der Waals surface area contributed by atoms with Gasteiger partial charge < -0.3 is 10.1 Å². The van der Waals surface area contributed by atoms with E-state index in [-0.39, 0.29) is 6.10 Å². The number of rotatable bonds is 3. The summed E-state index contributed by atoms with van der Waals surface area (Å²) in [5, 5.41) is 4.01. The van der Waals surface area contributed by atoms with Crippen LogP contribution in [0.1, 0.15) is 6.42 Å². The van der Waals surface area contributed by atoms with Crippen LogP contribution >= 0.6 is 11.6 Å². The molecule has 1 aliphatic heterocycles. The van der Waals surface area contributed by atoms with E-state index in [9.17, 15) is 0 Å². The quantitative estimate of drug-likeness (QED) is 0.934. The van der Waals surface area contributed by atoms with E-state index < -0.39 is 0 Å². The number of nitrogens with zero attached hydrogens (tertiary/aromatic N) is 1. The lowest BCUT2D eigenvalue weighted by atomic mass is 10.1. The SMILES string of the molecule is Clc1ccc(-c2cccc(OC3CCNC3)n2)cc1. The third kappa shape index (κ3) is 3.06. The van der Waals surface area contributed by atoms with Crippen LogP contribution in [-0.4, -0.2) is 24.2 Å². The zero-order valence-electron chi connectivity index (χ0n) is 10.5. The highest BCUT2D eigenvalue weighted by Crippen LogP contribution is 2.22. The van der Waals surface area contributed by atoms with Crippen LogP contribution in [0.5, 0.6) is 5.88 Å². The average molecular weight is 275 g/mol. The van der Waals surface area contributed by atoms with Crippen molar-refractivity contribution >= 4 is 11.6 Å². The van der Waals surface area contributed by atoms with E-state index in [1.807, 2.05) is 42.5 Å². The van der Waals surface area contributed by atoms with Crippen LogP contribution in [0.15, 0.2) is 42.5 Å². The van der Waals surface area contributed by atoms with Crippen LogP contribution in [0.2, 0.25) is 5.02 Å². The van der Waals surface area contributed by atoms with Crippen molar-refractivity contribution < 1.29 is 4.74 Å². The van der Waals surface area contributed by atoms with Gasteiger partial charge in [0.15, 0.2) is 0 Å². The minimum atomic E-state index is 0.230. The van der Waals surface area contributed by atoms with Crippen LogP contribution in [0.4, 0.5) is 0 Å². The number of aromatic nitrogens is 1. The Hall–Kier alpha value is -1.58. The Balaban J connectivity index is 1.80. The van der Waals surface area contributed by atoms with Crippen molar-refractivity contribution in [3.8, 4) is 17.1 Å². The maximum atomic E-state index is 5.89. The molecule has 1 aliphatic rings. The first kappa shape index (κ1) is 12.5. The molecule has 0 bridgehead atoms. The van der Waals surface area contributed by atoms with Crippen LogP contribution < -0.4 is 10.1 Å². The van der Waals surface area contributed by atoms with Gasteiger partial charge in [-0.05, 0) is 31.2 Å². The smallest absolute Gasteiger partial charge is 0.214 e. The molecule has 19 heavy (non-hydrogen) atoms. The molecule has 0 amide bonds. The van der Waals surface area contributed by atoms with Crippen LogP contribution in [0, 0.1) is 0 Å². The molecule has 1 aromatic heterocycles. The molecule has 1 atom stereocenters. The second kappa shape index (κ2) is 5.59. The highest BCUT2D eigenvalue weighted by atomic mass is 35.5. The number of pyridine rings is 1. The summed E-state index contributed by atoms with van der Waals surface area (Å²) < 4.78 is 5.86. The summed E-state index contributed by atoms with van der Waals surface area (Å²) in [6.07, 6.45) is 1.26. The normalized spacial score (nSPS) is 18.5. The molecule has 3 rings (SSSR count). The summed E-state index contributed by atoms with van der Waals surface area (Å²) >= 11 is 5.89. The monoisotopic (exact) mass is 274 g/mol. The van der Waals surface area contributed by atoms with E-state index >= 15 is 0 Å². The number of nitrogens with one attached hydrogen (secondary N) is 1. The van der Waals surface area contributed by atoms with Crippen molar-refractivity contribution in [2.24, 2.45) is 0 Å². The number of hydrogen-bond donors (Lipinski definition) is 1. The van der Waals surface area contributed by atoms with E-state index in [0.29, 0.717) is 5.88 Å². The van der Waals surface area contributed by atoms with Gasteiger partial charge in [0.05, 0.1) is 5.69 Å². The highest BCUT2D eigenvalue weighted by Gasteiger charge is 2.16. The second-order valence-corrected chi connectivity index (χ2v) is 5.04. The lowest BCUT2D eigenvalue weighted by molar-refractivity contribution is 0.214. The van der Waals surface area contributed by atoms with Gasteiger partial charge in [-0.25, -0.2) is 4.98 Å². The first-order chi connectivity index (χ1) is 9.31. The highest BCUT2D eigenvalue weighted by molar-refractivity contribution is 6.30. The molecule has 0 spiro atoms. The van der Waals surface area contributed by atoms with Crippen LogP contribution in [0.3, 0.4) is 0 Å². The maximum Gasteiger partial charge on any atom is 0.214 e. The van der Waals surface area contributed by atoms with E-state index in [0.717, 1.165) is 35.8 Å². The first-order valence-corrected chi connectivity index (χ1v) is 6.79. The Morgan fingerprint density at radius 1 is 1.16 bits per heavy atom. The molecule has 0 aliphatic carbocycles. The first-order valence-electron chi connectivity index (χ1n) is 6.42. The molecule has 1 aromatic carbocycles. The molecule has 3 nitrogen and oxygen atoms in total. The third-order valence-corrected chi connectivity index (χ3v) is 3.42. The fraction of sp³-hybridized carbons (Fsp3) is 0.267. The molecule has 0 radical (unpaired) electrons. The lowest BCUT2D eigenvalue weighted by Crippen LogP contribution is -2.20. The Kier molecular flexibility index (Phi) is 3.67. The van der Waals surface area contributed by atoms with Gasteiger partial charge in [0.25, 0.3) is 0 Å². The van der Waals surface area contributed by atoms with Gasteiger partial charge in [0.1, 0.15) is 6.10 Å². The molecule has 98 valence electrons. The summed E-state index contributed by atoms with van der Waals surface area (Å²) in [6.45, 7) is 1.91. The topological polar surface area (TPSA) is 34.1 Å². The molecule has 1 N–H and O–H groups in total. The summed E-state index contributed by atoms with van der Waals surface area (Å²) in [5.41, 5.74) is 1.94. The Morgan fingerprint density at radius 2 is 2.00 bits per heavy atom. The van der Waals surface area contributed by atoms with Crippen LogP contribution in [-0.2, 0) is 0 Å². The number of ether oxygens (including phenoxy) is 1. The fourth-order valence-electron chi connectivity index (χ4n) is 2.16. The van der Waals surface area contributed by atoms with Crippen molar-refractivity contribution in [3.05, 3.63) is 47.5 Å². The molecule has 2 aromatic rings. The Labute approximate surface area is 117 Å². The van der Waals surface area contributed by atoms with Gasteiger partial charge in [0, 0.05) is 23.2 Å². The van der Waals surface area contributed by atoms with E-state index in [1.54, 1.807) is 0 Å². The molecule has 4 heteroatoms. The zero-order valence-corrected chi connectivity index (χ0v) is 11.2. The number of halogens is 1. The molecule has 1 saturated heterocycles. The summed E-state index contributed by atoms with van der Waals surface area (Å²) in [5.74, 6) is 0.682. The Morgan fingerprint density at radius 3 is 2.74 bits per heavy atom. The van der Waals surface area contributed by atoms with Crippen molar-refractivity contribution in [2.75, 3.05) is 13.1 Å². The van der Waals surface area contributed by atoms with Crippen molar-refractivity contribution in [2.45, 2.75) is 12.5 Å². The van der Waals surface area contributed by atoms with Gasteiger partial charge >= 0.3 is 0 Å². The largest absolute Gasteiger partial charge is 0.473 e. The zero-order chi connectivity index (χ0) is 13.1. The van der Waals surface area contributed by atoms with Crippen LogP contribution in [0.25, 0.3) is 11.3 Å². The minimum absolute atomic E-state index is 0.230. The standard InChI is InChI=1S/C15H15ClN2O/c16-12-6-4-11(5-7-12)14-2-1-3-15(18-14)19-13-8-9-17-10-13/h1-7,13,17H,8-10H2. The molecular weight excluding hydrogens is 260 g/mol. The molecule has 2 heterocycles. The lowest BCUT2D eigenvalue weighted by Gasteiger charge is -2.12. The summed E-state index contributed by atoms with van der Waals surface area (Å²) in [4.78, 5) is 4.54. The van der Waals surface area contributed by atoms with Gasteiger partial charge in [-0.1, -0.05) is 29.8 Å². The van der Waals surface area contributed by atoms with Crippen molar-refractivity contribution in [1.82, 2.24) is 10.3 Å². The number of hydrogen-bond acceptors (Lipinski definition) is 3. The average Bonchev–Trinajstić information content (AvgIpc) is 2.93. The van der Waals surface area contributed by atoms with Gasteiger partial charge in [-0.2, -0.15) is 0 Å². The fourth-order valence-corrected chi connectivity index (χ4v) is 2.29. The van der Waals surface area contributed by atoms with E-state index in [2.05, 4.69) is 10.3 Å².